The molecule has 54 valence electrons. The van der Waals surface area contributed by atoms with Crippen molar-refractivity contribution < 1.29 is 4.79 Å². The first-order chi connectivity index (χ1) is 5.29. The first-order valence-electron chi connectivity index (χ1n) is 2.83. The minimum atomic E-state index is -0.564. The van der Waals surface area contributed by atoms with Crippen molar-refractivity contribution in [1.29, 1.82) is 0 Å². The maximum absolute atomic E-state index is 10.9. The molecule has 1 N–H and O–H groups in total. The van der Waals surface area contributed by atoms with Gasteiger partial charge in [0.25, 0.3) is 5.56 Å². The Morgan fingerprint density at radius 1 is 1.27 bits per heavy atom. The number of aromatic nitrogens is 2. The normalized spacial score (nSPS) is 13.6. The largest absolute Gasteiger partial charge is 0.316 e. The Labute approximate surface area is 60.0 Å². The SMILES string of the molecule is O=C1N=Nc2c1nc[nH]c2=O. The van der Waals surface area contributed by atoms with Crippen LogP contribution in [-0.4, -0.2) is 15.9 Å². The van der Waals surface area contributed by atoms with Gasteiger partial charge in [-0.3, -0.25) is 9.59 Å². The zero-order valence-corrected chi connectivity index (χ0v) is 5.24. The molecule has 1 aromatic rings. The van der Waals surface area contributed by atoms with Gasteiger partial charge in [-0.2, -0.15) is 0 Å². The molecule has 0 aliphatic carbocycles. The van der Waals surface area contributed by atoms with Crippen LogP contribution in [-0.2, 0) is 0 Å². The predicted octanol–water partition coefficient (Wildman–Crippen LogP) is 0.00740. The van der Waals surface area contributed by atoms with E-state index in [-0.39, 0.29) is 11.4 Å². The molecule has 0 spiro atoms. The number of hydrogen-bond donors (Lipinski definition) is 1. The molecule has 0 atom stereocenters. The number of nitrogens with one attached hydrogen (secondary N) is 1. The number of H-pyrrole nitrogens is 1. The summed E-state index contributed by atoms with van der Waals surface area (Å²) >= 11 is 0. The van der Waals surface area contributed by atoms with Gasteiger partial charge in [-0.15, -0.1) is 10.2 Å². The molecule has 0 radical (unpaired) electrons. The monoisotopic (exact) mass is 150 g/mol. The van der Waals surface area contributed by atoms with Crippen LogP contribution in [0.25, 0.3) is 0 Å². The smallest absolute Gasteiger partial charge is 0.311 e. The summed E-state index contributed by atoms with van der Waals surface area (Å²) in [5, 5.41) is 6.52. The molecule has 0 fully saturated rings. The number of fused-ring (bicyclic) bond motifs is 1. The van der Waals surface area contributed by atoms with Crippen LogP contribution in [0.3, 0.4) is 0 Å². The summed E-state index contributed by atoms with van der Waals surface area (Å²) in [6.07, 6.45) is 1.15. The minimum Gasteiger partial charge on any atom is -0.311 e. The molecule has 1 aliphatic rings. The fourth-order valence-corrected chi connectivity index (χ4v) is 0.785. The van der Waals surface area contributed by atoms with Crippen LogP contribution >= 0.6 is 0 Å². The molecule has 2 heterocycles. The number of carbonyl (C=O) groups excluding carboxylic acids is 1. The fourth-order valence-electron chi connectivity index (χ4n) is 0.785. The van der Waals surface area contributed by atoms with E-state index in [0.717, 1.165) is 6.33 Å². The average Bonchev–Trinajstić information content (AvgIpc) is 2.35. The highest BCUT2D eigenvalue weighted by molar-refractivity contribution is 5.99. The van der Waals surface area contributed by atoms with E-state index < -0.39 is 11.5 Å². The number of aromatic amines is 1. The zero-order chi connectivity index (χ0) is 7.84. The summed E-state index contributed by atoms with van der Waals surface area (Å²) in [7, 11) is 0. The lowest BCUT2D eigenvalue weighted by atomic mass is 10.3. The Balaban J connectivity index is 2.84. The van der Waals surface area contributed by atoms with Crippen molar-refractivity contribution in [1.82, 2.24) is 9.97 Å². The Hall–Kier alpha value is -1.85. The Kier molecular flexibility index (Phi) is 0.974. The number of carbonyl (C=O) groups is 1. The molecule has 11 heavy (non-hydrogen) atoms. The second kappa shape index (κ2) is 1.82. The molecule has 1 aromatic heterocycles. The van der Waals surface area contributed by atoms with Gasteiger partial charge in [0.1, 0.15) is 0 Å². The summed E-state index contributed by atoms with van der Waals surface area (Å²) in [5.41, 5.74) is -0.421. The minimum absolute atomic E-state index is 0.00231. The van der Waals surface area contributed by atoms with Crippen molar-refractivity contribution in [3.63, 3.8) is 0 Å². The number of nitrogens with zero attached hydrogens (tertiary/aromatic N) is 3. The van der Waals surface area contributed by atoms with E-state index in [1.54, 1.807) is 0 Å². The lowest BCUT2D eigenvalue weighted by molar-refractivity contribution is 0.0998. The van der Waals surface area contributed by atoms with Gasteiger partial charge in [0.05, 0.1) is 6.33 Å². The van der Waals surface area contributed by atoms with Crippen LogP contribution < -0.4 is 5.56 Å². The number of hydrogen-bond acceptors (Lipinski definition) is 4. The van der Waals surface area contributed by atoms with E-state index in [1.165, 1.54) is 0 Å². The van der Waals surface area contributed by atoms with Crippen LogP contribution in [0.4, 0.5) is 5.69 Å². The summed E-state index contributed by atoms with van der Waals surface area (Å²) in [4.78, 5) is 27.5. The predicted molar refractivity (Wildman–Crippen MR) is 33.7 cm³/mol. The first-order valence-corrected chi connectivity index (χ1v) is 2.83. The van der Waals surface area contributed by atoms with Crippen molar-refractivity contribution in [2.24, 2.45) is 10.2 Å². The molecule has 0 saturated carbocycles. The zero-order valence-electron chi connectivity index (χ0n) is 5.24. The summed E-state index contributed by atoms with van der Waals surface area (Å²) in [5.74, 6) is -0.564. The van der Waals surface area contributed by atoms with E-state index in [1.807, 2.05) is 0 Å². The highest BCUT2D eigenvalue weighted by Crippen LogP contribution is 2.18. The molecule has 1 amide bonds. The molecule has 0 bridgehead atoms. The Morgan fingerprint density at radius 2 is 2.09 bits per heavy atom. The lowest BCUT2D eigenvalue weighted by Gasteiger charge is -1.87. The standard InChI is InChI=1S/C5H2N4O2/c10-4-3-2(6-1-7-4)5(11)9-8-3/h1H,(H,6,7,10). The highest BCUT2D eigenvalue weighted by atomic mass is 16.2. The quantitative estimate of drug-likeness (QED) is 0.564. The van der Waals surface area contributed by atoms with Gasteiger partial charge in [-0.05, 0) is 0 Å². The number of amides is 1. The molecule has 0 aromatic carbocycles. The topological polar surface area (TPSA) is 87.5 Å². The van der Waals surface area contributed by atoms with E-state index in [2.05, 4.69) is 20.2 Å². The van der Waals surface area contributed by atoms with Gasteiger partial charge >= 0.3 is 5.91 Å². The van der Waals surface area contributed by atoms with Crippen molar-refractivity contribution in [3.8, 4) is 0 Å². The Bertz CT molecular complexity index is 405. The summed E-state index contributed by atoms with van der Waals surface area (Å²) in [6.45, 7) is 0. The molecular weight excluding hydrogens is 148 g/mol. The van der Waals surface area contributed by atoms with Crippen molar-refractivity contribution in [3.05, 3.63) is 22.4 Å². The third-order valence-corrected chi connectivity index (χ3v) is 1.27. The van der Waals surface area contributed by atoms with E-state index in [0.29, 0.717) is 0 Å². The second-order valence-electron chi connectivity index (χ2n) is 1.93. The maximum atomic E-state index is 10.9. The van der Waals surface area contributed by atoms with Crippen LogP contribution in [0.1, 0.15) is 10.5 Å². The molecule has 6 nitrogen and oxygen atoms in total. The van der Waals surface area contributed by atoms with Gasteiger partial charge in [-0.25, -0.2) is 4.98 Å². The van der Waals surface area contributed by atoms with Gasteiger partial charge < -0.3 is 4.98 Å². The van der Waals surface area contributed by atoms with Gasteiger partial charge in [0.15, 0.2) is 11.4 Å². The van der Waals surface area contributed by atoms with Gasteiger partial charge in [0, 0.05) is 0 Å². The highest BCUT2D eigenvalue weighted by Gasteiger charge is 2.21. The number of azo groups is 1. The fraction of sp³-hybridized carbons (Fsp3) is 0. The molecular formula is C5H2N4O2. The summed E-state index contributed by atoms with van der Waals surface area (Å²) < 4.78 is 0. The van der Waals surface area contributed by atoms with E-state index in [9.17, 15) is 9.59 Å². The molecule has 0 saturated heterocycles. The molecule has 2 rings (SSSR count). The molecule has 6 heteroatoms. The molecule has 1 aliphatic heterocycles. The van der Waals surface area contributed by atoms with E-state index in [4.69, 9.17) is 0 Å². The first kappa shape index (κ1) is 5.90. The lowest BCUT2D eigenvalue weighted by Crippen LogP contribution is -2.08. The van der Waals surface area contributed by atoms with Crippen LogP contribution in [0.5, 0.6) is 0 Å². The third kappa shape index (κ3) is 0.689. The third-order valence-electron chi connectivity index (χ3n) is 1.27. The van der Waals surface area contributed by atoms with Crippen LogP contribution in [0.15, 0.2) is 21.4 Å². The second-order valence-corrected chi connectivity index (χ2v) is 1.93. The maximum Gasteiger partial charge on any atom is 0.316 e. The average molecular weight is 150 g/mol. The van der Waals surface area contributed by atoms with Crippen LogP contribution in [0.2, 0.25) is 0 Å². The number of rotatable bonds is 0. The van der Waals surface area contributed by atoms with Crippen molar-refractivity contribution >= 4 is 11.6 Å². The van der Waals surface area contributed by atoms with Gasteiger partial charge in [0.2, 0.25) is 0 Å². The Morgan fingerprint density at radius 3 is 2.82 bits per heavy atom. The van der Waals surface area contributed by atoms with Crippen molar-refractivity contribution in [2.45, 2.75) is 0 Å². The summed E-state index contributed by atoms with van der Waals surface area (Å²) in [6, 6.07) is 0. The van der Waals surface area contributed by atoms with Crippen molar-refractivity contribution in [2.75, 3.05) is 0 Å². The van der Waals surface area contributed by atoms with Gasteiger partial charge in [-0.1, -0.05) is 0 Å². The van der Waals surface area contributed by atoms with Crippen LogP contribution in [0, 0.1) is 0 Å². The van der Waals surface area contributed by atoms with E-state index >= 15 is 0 Å². The molecule has 0 unspecified atom stereocenters.